The fraction of sp³-hybridized carbons (Fsp3) is 0.714. The molecule has 1 heterocycles. The molecule has 0 aliphatic heterocycles. The minimum Gasteiger partial charge on any atom is -0.418 e. The average Bonchev–Trinajstić information content (AvgIpc) is 2.48. The molecule has 0 atom stereocenters. The van der Waals surface area contributed by atoms with Gasteiger partial charge in [0.1, 0.15) is 4.32 Å². The number of hydrogen-bond acceptors (Lipinski definition) is 3. The molecule has 2 rings (SSSR count). The maximum absolute atomic E-state index is 12.1. The summed E-state index contributed by atoms with van der Waals surface area (Å²) >= 11 is 3.40. The van der Waals surface area contributed by atoms with Crippen molar-refractivity contribution in [2.75, 3.05) is 0 Å². The van der Waals surface area contributed by atoms with Crippen LogP contribution in [0.4, 0.5) is 8.78 Å². The van der Waals surface area contributed by atoms with Crippen molar-refractivity contribution in [3.8, 4) is 0 Å². The molecule has 1 aromatic heterocycles. The Morgan fingerprint density at radius 3 is 2.46 bits per heavy atom. The molecule has 1 aromatic rings. The zero-order valence-electron chi connectivity index (χ0n) is 6.64. The molecule has 1 saturated carbocycles. The summed E-state index contributed by atoms with van der Waals surface area (Å²) in [4.78, 5) is 0. The molecule has 72 valence electrons. The largest absolute Gasteiger partial charge is 0.418 e. The first-order chi connectivity index (χ1) is 6.12. The van der Waals surface area contributed by atoms with E-state index in [0.717, 1.165) is 19.3 Å². The molecule has 0 unspecified atom stereocenters. The van der Waals surface area contributed by atoms with Gasteiger partial charge >= 0.3 is 6.43 Å². The van der Waals surface area contributed by atoms with Crippen LogP contribution in [0.15, 0.2) is 4.42 Å². The van der Waals surface area contributed by atoms with Crippen LogP contribution in [-0.2, 0) is 4.32 Å². The van der Waals surface area contributed by atoms with Crippen LogP contribution >= 0.6 is 15.9 Å². The Hall–Kier alpha value is -0.520. The average molecular weight is 253 g/mol. The van der Waals surface area contributed by atoms with E-state index in [2.05, 4.69) is 26.1 Å². The third kappa shape index (κ3) is 1.47. The van der Waals surface area contributed by atoms with E-state index in [-0.39, 0.29) is 10.2 Å². The second kappa shape index (κ2) is 3.01. The Kier molecular flexibility index (Phi) is 2.09. The summed E-state index contributed by atoms with van der Waals surface area (Å²) in [5.74, 6) is -0.324. The van der Waals surface area contributed by atoms with Crippen LogP contribution in [0.1, 0.15) is 37.5 Å². The molecule has 0 amide bonds. The van der Waals surface area contributed by atoms with E-state index >= 15 is 0 Å². The Bertz CT molecular complexity index is 311. The van der Waals surface area contributed by atoms with Gasteiger partial charge in [0.25, 0.3) is 5.89 Å². The number of aromatic nitrogens is 2. The Morgan fingerprint density at radius 1 is 1.38 bits per heavy atom. The van der Waals surface area contributed by atoms with Crippen molar-refractivity contribution in [3.05, 3.63) is 11.8 Å². The van der Waals surface area contributed by atoms with E-state index < -0.39 is 12.3 Å². The lowest BCUT2D eigenvalue weighted by Crippen LogP contribution is -2.27. The first kappa shape index (κ1) is 9.05. The first-order valence-electron chi connectivity index (χ1n) is 3.93. The molecule has 3 nitrogen and oxygen atoms in total. The molecular weight excluding hydrogens is 246 g/mol. The number of halogens is 3. The highest BCUT2D eigenvalue weighted by molar-refractivity contribution is 9.09. The van der Waals surface area contributed by atoms with Gasteiger partial charge in [0, 0.05) is 0 Å². The van der Waals surface area contributed by atoms with Crippen molar-refractivity contribution in [1.82, 2.24) is 10.2 Å². The van der Waals surface area contributed by atoms with Crippen molar-refractivity contribution < 1.29 is 13.2 Å². The van der Waals surface area contributed by atoms with Gasteiger partial charge in [-0.3, -0.25) is 0 Å². The third-order valence-corrected chi connectivity index (χ3v) is 3.29. The number of hydrogen-bond donors (Lipinski definition) is 0. The molecule has 6 heteroatoms. The monoisotopic (exact) mass is 252 g/mol. The summed E-state index contributed by atoms with van der Waals surface area (Å²) in [5, 5.41) is 6.85. The van der Waals surface area contributed by atoms with Crippen LogP contribution in [0.2, 0.25) is 0 Å². The number of rotatable bonds is 2. The van der Waals surface area contributed by atoms with Gasteiger partial charge in [-0.2, -0.15) is 8.78 Å². The van der Waals surface area contributed by atoms with E-state index in [1.807, 2.05) is 0 Å². The predicted octanol–water partition coefficient (Wildman–Crippen LogP) is 2.78. The summed E-state index contributed by atoms with van der Waals surface area (Å²) in [6.45, 7) is 0. The van der Waals surface area contributed by atoms with Gasteiger partial charge in [0.2, 0.25) is 5.89 Å². The van der Waals surface area contributed by atoms with Gasteiger partial charge in [-0.25, -0.2) is 0 Å². The molecule has 0 N–H and O–H groups in total. The lowest BCUT2D eigenvalue weighted by atomic mass is 9.85. The molecular formula is C7H7BrF2N2O. The minimum atomic E-state index is -2.68. The van der Waals surface area contributed by atoms with E-state index in [0.29, 0.717) is 0 Å². The second-order valence-corrected chi connectivity index (χ2v) is 4.58. The van der Waals surface area contributed by atoms with Crippen LogP contribution in [0.25, 0.3) is 0 Å². The zero-order valence-corrected chi connectivity index (χ0v) is 8.22. The van der Waals surface area contributed by atoms with Gasteiger partial charge in [0.05, 0.1) is 0 Å². The van der Waals surface area contributed by atoms with Crippen LogP contribution < -0.4 is 0 Å². The molecule has 0 saturated heterocycles. The SMILES string of the molecule is FC(F)c1nnc(C2(Br)CCC2)o1. The van der Waals surface area contributed by atoms with Crippen molar-refractivity contribution in [2.45, 2.75) is 30.0 Å². The summed E-state index contributed by atoms with van der Waals surface area (Å²) in [6.07, 6.45) is 0.0883. The Balaban J connectivity index is 2.22. The maximum Gasteiger partial charge on any atom is 0.314 e. The minimum absolute atomic E-state index is 0.272. The van der Waals surface area contributed by atoms with E-state index in [1.54, 1.807) is 0 Å². The molecule has 1 fully saturated rings. The van der Waals surface area contributed by atoms with Gasteiger partial charge in [-0.05, 0) is 19.3 Å². The van der Waals surface area contributed by atoms with Crippen LogP contribution in [0.5, 0.6) is 0 Å². The Morgan fingerprint density at radius 2 is 2.08 bits per heavy atom. The van der Waals surface area contributed by atoms with Crippen molar-refractivity contribution in [2.24, 2.45) is 0 Å². The third-order valence-electron chi connectivity index (χ3n) is 2.16. The summed E-state index contributed by atoms with van der Waals surface area (Å²) in [6, 6.07) is 0. The fourth-order valence-electron chi connectivity index (χ4n) is 1.20. The molecule has 0 radical (unpaired) electrons. The van der Waals surface area contributed by atoms with Crippen molar-refractivity contribution in [3.63, 3.8) is 0 Å². The lowest BCUT2D eigenvalue weighted by Gasteiger charge is -2.32. The van der Waals surface area contributed by atoms with Crippen LogP contribution in [-0.4, -0.2) is 10.2 Å². The predicted molar refractivity (Wildman–Crippen MR) is 43.7 cm³/mol. The molecule has 0 bridgehead atoms. The maximum atomic E-state index is 12.1. The Labute approximate surface area is 81.7 Å². The van der Waals surface area contributed by atoms with Crippen molar-refractivity contribution >= 4 is 15.9 Å². The summed E-state index contributed by atoms with van der Waals surface area (Å²) in [5.41, 5.74) is 0. The second-order valence-electron chi connectivity index (χ2n) is 3.07. The van der Waals surface area contributed by atoms with Crippen molar-refractivity contribution in [1.29, 1.82) is 0 Å². The highest BCUT2D eigenvalue weighted by Crippen LogP contribution is 2.48. The number of nitrogens with zero attached hydrogens (tertiary/aromatic N) is 2. The molecule has 1 aliphatic rings. The molecule has 1 aliphatic carbocycles. The topological polar surface area (TPSA) is 38.9 Å². The molecule has 0 aromatic carbocycles. The van der Waals surface area contributed by atoms with Gasteiger partial charge in [-0.1, -0.05) is 15.9 Å². The molecule has 0 spiro atoms. The van der Waals surface area contributed by atoms with E-state index in [4.69, 9.17) is 4.42 Å². The smallest absolute Gasteiger partial charge is 0.314 e. The summed E-state index contributed by atoms with van der Waals surface area (Å²) < 4.78 is 28.7. The zero-order chi connectivity index (χ0) is 9.47. The summed E-state index contributed by atoms with van der Waals surface area (Å²) in [7, 11) is 0. The van der Waals surface area contributed by atoms with Gasteiger partial charge in [0.15, 0.2) is 0 Å². The van der Waals surface area contributed by atoms with Gasteiger partial charge in [-0.15, -0.1) is 10.2 Å². The standard InChI is InChI=1S/C7H7BrF2N2O/c8-7(2-1-3-7)6-12-11-5(13-6)4(9)10/h4H,1-3H2. The first-order valence-corrected chi connectivity index (χ1v) is 4.72. The molecule has 13 heavy (non-hydrogen) atoms. The fourth-order valence-corrected chi connectivity index (χ4v) is 1.93. The van der Waals surface area contributed by atoms with E-state index in [1.165, 1.54) is 0 Å². The highest BCUT2D eigenvalue weighted by atomic mass is 79.9. The van der Waals surface area contributed by atoms with Crippen LogP contribution in [0, 0.1) is 0 Å². The highest BCUT2D eigenvalue weighted by Gasteiger charge is 2.41. The van der Waals surface area contributed by atoms with E-state index in [9.17, 15) is 8.78 Å². The van der Waals surface area contributed by atoms with Gasteiger partial charge < -0.3 is 4.42 Å². The normalized spacial score (nSPS) is 20.3. The quantitative estimate of drug-likeness (QED) is 0.760. The van der Waals surface area contributed by atoms with Crippen LogP contribution in [0.3, 0.4) is 0 Å². The lowest BCUT2D eigenvalue weighted by molar-refractivity contribution is 0.110. The number of alkyl halides is 3.